The van der Waals surface area contributed by atoms with E-state index in [1.165, 1.54) is 0 Å². The summed E-state index contributed by atoms with van der Waals surface area (Å²) in [7, 11) is 4.96. The SMILES string of the molecule is CCOc1ccc(-c2nnc3c4cc(OC)c(OC)cc4n(Cc4ccccc4OC)cc2-3)cc1. The zero-order valence-electron chi connectivity index (χ0n) is 20.2. The molecule has 0 spiro atoms. The Hall–Kier alpha value is -4.26. The van der Waals surface area contributed by atoms with E-state index >= 15 is 0 Å². The minimum atomic E-state index is 0.597. The van der Waals surface area contributed by atoms with Gasteiger partial charge in [-0.3, -0.25) is 0 Å². The van der Waals surface area contributed by atoms with Gasteiger partial charge in [-0.15, -0.1) is 10.2 Å². The van der Waals surface area contributed by atoms with Crippen molar-refractivity contribution in [2.75, 3.05) is 27.9 Å². The van der Waals surface area contributed by atoms with Crippen LogP contribution in [0, 0.1) is 0 Å². The van der Waals surface area contributed by atoms with Crippen molar-refractivity contribution in [3.63, 3.8) is 0 Å². The number of pyridine rings is 1. The fourth-order valence-corrected chi connectivity index (χ4v) is 4.40. The van der Waals surface area contributed by atoms with Crippen molar-refractivity contribution in [2.45, 2.75) is 13.5 Å². The van der Waals surface area contributed by atoms with E-state index in [1.807, 2.05) is 61.5 Å². The number of fused-ring (bicyclic) bond motifs is 3. The maximum absolute atomic E-state index is 5.61. The Labute approximate surface area is 204 Å². The van der Waals surface area contributed by atoms with Gasteiger partial charge in [0.25, 0.3) is 0 Å². The summed E-state index contributed by atoms with van der Waals surface area (Å²) in [4.78, 5) is 0. The van der Waals surface area contributed by atoms with E-state index in [0.717, 1.165) is 50.5 Å². The maximum atomic E-state index is 5.61. The van der Waals surface area contributed by atoms with Crippen molar-refractivity contribution >= 4 is 10.9 Å². The highest BCUT2D eigenvalue weighted by atomic mass is 16.5. The van der Waals surface area contributed by atoms with Gasteiger partial charge in [0.2, 0.25) is 0 Å². The lowest BCUT2D eigenvalue weighted by atomic mass is 10.0. The molecule has 0 bridgehead atoms. The fourth-order valence-electron chi connectivity index (χ4n) is 4.40. The molecule has 0 saturated heterocycles. The van der Waals surface area contributed by atoms with Crippen molar-refractivity contribution in [1.29, 1.82) is 0 Å². The van der Waals surface area contributed by atoms with Crippen LogP contribution >= 0.6 is 0 Å². The third-order valence-electron chi connectivity index (χ3n) is 6.08. The van der Waals surface area contributed by atoms with E-state index < -0.39 is 0 Å². The molecule has 0 amide bonds. The lowest BCUT2D eigenvalue weighted by molar-refractivity contribution is 0.340. The molecule has 35 heavy (non-hydrogen) atoms. The van der Waals surface area contributed by atoms with Crippen LogP contribution in [-0.4, -0.2) is 42.7 Å². The number of aromatic nitrogens is 3. The summed E-state index contributed by atoms with van der Waals surface area (Å²) in [5.41, 5.74) is 5.56. The van der Waals surface area contributed by atoms with Gasteiger partial charge in [0.05, 0.1) is 40.0 Å². The molecule has 2 heterocycles. The number of nitrogens with zero attached hydrogens (tertiary/aromatic N) is 3. The van der Waals surface area contributed by atoms with Gasteiger partial charge in [-0.25, -0.2) is 0 Å². The van der Waals surface area contributed by atoms with E-state index in [0.29, 0.717) is 24.7 Å². The van der Waals surface area contributed by atoms with E-state index in [9.17, 15) is 0 Å². The molecule has 0 atom stereocenters. The average molecular weight is 470 g/mol. The molecule has 2 aliphatic heterocycles. The molecule has 2 aliphatic rings. The summed E-state index contributed by atoms with van der Waals surface area (Å²) >= 11 is 0. The summed E-state index contributed by atoms with van der Waals surface area (Å²) in [6.07, 6.45) is 2.10. The normalized spacial score (nSPS) is 11.1. The van der Waals surface area contributed by atoms with E-state index in [2.05, 4.69) is 27.0 Å². The monoisotopic (exact) mass is 469 g/mol. The highest BCUT2D eigenvalue weighted by Gasteiger charge is 2.22. The number of benzene rings is 3. The minimum Gasteiger partial charge on any atom is -0.496 e. The fraction of sp³-hybridized carbons (Fsp3) is 0.214. The van der Waals surface area contributed by atoms with Gasteiger partial charge in [-0.1, -0.05) is 18.2 Å². The largest absolute Gasteiger partial charge is 0.496 e. The first-order valence-electron chi connectivity index (χ1n) is 11.4. The summed E-state index contributed by atoms with van der Waals surface area (Å²) in [5.74, 6) is 2.95. The molecule has 0 aliphatic carbocycles. The topological polar surface area (TPSA) is 67.6 Å². The minimum absolute atomic E-state index is 0.597. The summed E-state index contributed by atoms with van der Waals surface area (Å²) in [5, 5.41) is 10.1. The van der Waals surface area contributed by atoms with E-state index in [-0.39, 0.29) is 0 Å². The van der Waals surface area contributed by atoms with Crippen LogP contribution in [0.15, 0.2) is 66.9 Å². The van der Waals surface area contributed by atoms with Gasteiger partial charge in [0, 0.05) is 34.3 Å². The Balaban J connectivity index is 1.72. The molecule has 7 nitrogen and oxygen atoms in total. The lowest BCUT2D eigenvalue weighted by Gasteiger charge is -2.18. The smallest absolute Gasteiger partial charge is 0.162 e. The molecule has 5 rings (SSSR count). The molecule has 0 fully saturated rings. The molecule has 3 aromatic carbocycles. The molecule has 0 aromatic heterocycles. The van der Waals surface area contributed by atoms with Crippen LogP contribution in [0.1, 0.15) is 12.5 Å². The predicted molar refractivity (Wildman–Crippen MR) is 136 cm³/mol. The second kappa shape index (κ2) is 9.54. The number of para-hydroxylation sites is 1. The molecule has 0 saturated carbocycles. The first-order valence-corrected chi connectivity index (χ1v) is 11.4. The van der Waals surface area contributed by atoms with Crippen LogP contribution in [0.2, 0.25) is 0 Å². The van der Waals surface area contributed by atoms with Crippen molar-refractivity contribution in [2.24, 2.45) is 0 Å². The second-order valence-corrected chi connectivity index (χ2v) is 8.06. The van der Waals surface area contributed by atoms with Crippen LogP contribution in [0.3, 0.4) is 0 Å². The molecule has 0 unspecified atom stereocenters. The molecule has 0 N–H and O–H groups in total. The molecule has 178 valence electrons. The Morgan fingerprint density at radius 2 is 1.46 bits per heavy atom. The zero-order valence-corrected chi connectivity index (χ0v) is 20.2. The summed E-state index contributed by atoms with van der Waals surface area (Å²) < 4.78 is 24.6. The molecular formula is C28H27N3O4. The number of rotatable bonds is 8. The second-order valence-electron chi connectivity index (χ2n) is 8.06. The van der Waals surface area contributed by atoms with Crippen molar-refractivity contribution in [1.82, 2.24) is 14.8 Å². The summed E-state index contributed by atoms with van der Waals surface area (Å²) in [6.45, 7) is 3.19. The first-order chi connectivity index (χ1) is 17.2. The van der Waals surface area contributed by atoms with Gasteiger partial charge in [0.1, 0.15) is 22.9 Å². The van der Waals surface area contributed by atoms with Crippen LogP contribution < -0.4 is 18.9 Å². The lowest BCUT2D eigenvalue weighted by Crippen LogP contribution is -2.06. The van der Waals surface area contributed by atoms with Crippen LogP contribution in [0.4, 0.5) is 0 Å². The summed E-state index contributed by atoms with van der Waals surface area (Å²) in [6, 6.07) is 19.9. The predicted octanol–water partition coefficient (Wildman–Crippen LogP) is 5.68. The van der Waals surface area contributed by atoms with Crippen LogP contribution in [0.5, 0.6) is 23.0 Å². The molecule has 7 heteroatoms. The highest BCUT2D eigenvalue weighted by Crippen LogP contribution is 2.41. The van der Waals surface area contributed by atoms with Gasteiger partial charge in [-0.05, 0) is 43.3 Å². The van der Waals surface area contributed by atoms with Gasteiger partial charge >= 0.3 is 0 Å². The zero-order chi connectivity index (χ0) is 24.4. The Morgan fingerprint density at radius 3 is 2.17 bits per heavy atom. The van der Waals surface area contributed by atoms with Crippen molar-refractivity contribution in [3.05, 3.63) is 72.4 Å². The number of ether oxygens (including phenoxy) is 4. The third-order valence-corrected chi connectivity index (χ3v) is 6.08. The standard InChI is InChI=1S/C28H27N3O4/c1-5-35-20-12-10-18(11-13-20)27-22-17-31(16-19-8-6-7-9-24(19)32-2)23-15-26(34-4)25(33-3)14-21(23)28(22)30-29-27/h6-15,17H,5,16H2,1-4H3. The van der Waals surface area contributed by atoms with Crippen molar-refractivity contribution in [3.8, 4) is 45.5 Å². The van der Waals surface area contributed by atoms with Crippen LogP contribution in [-0.2, 0) is 6.54 Å². The third kappa shape index (κ3) is 4.10. The average Bonchev–Trinajstić information content (AvgIpc) is 3.33. The Morgan fingerprint density at radius 1 is 0.771 bits per heavy atom. The first kappa shape index (κ1) is 22.5. The van der Waals surface area contributed by atoms with Gasteiger partial charge in [0.15, 0.2) is 11.5 Å². The van der Waals surface area contributed by atoms with Crippen molar-refractivity contribution < 1.29 is 18.9 Å². The number of hydrogen-bond donors (Lipinski definition) is 0. The Kier molecular flexibility index (Phi) is 6.14. The Bertz CT molecular complexity index is 1440. The molecule has 3 aromatic rings. The van der Waals surface area contributed by atoms with E-state index in [1.54, 1.807) is 21.3 Å². The molecular weight excluding hydrogens is 442 g/mol. The quantitative estimate of drug-likeness (QED) is 0.291. The maximum Gasteiger partial charge on any atom is 0.162 e. The highest BCUT2D eigenvalue weighted by molar-refractivity contribution is 5.99. The van der Waals surface area contributed by atoms with Gasteiger partial charge < -0.3 is 23.5 Å². The number of hydrogen-bond acceptors (Lipinski definition) is 6. The van der Waals surface area contributed by atoms with Crippen LogP contribution in [0.25, 0.3) is 33.4 Å². The molecule has 0 radical (unpaired) electrons. The number of methoxy groups -OCH3 is 3. The van der Waals surface area contributed by atoms with Gasteiger partial charge in [-0.2, -0.15) is 0 Å². The van der Waals surface area contributed by atoms with E-state index in [4.69, 9.17) is 18.9 Å².